The fourth-order valence-corrected chi connectivity index (χ4v) is 2.75. The number of halogens is 1. The standard InChI is InChI=1S/C12H13ClN4OS/c13-9-1-3-10(4-2-9)14-11-15-16-12(19-11)17-5-7-18-8-6-17/h1-4H,5-8H2,(H,14,15). The lowest BCUT2D eigenvalue weighted by atomic mass is 10.3. The molecule has 0 amide bonds. The van der Waals surface area contributed by atoms with Crippen LogP contribution in [0.4, 0.5) is 16.0 Å². The van der Waals surface area contributed by atoms with Gasteiger partial charge in [-0.3, -0.25) is 0 Å². The molecule has 1 aromatic carbocycles. The van der Waals surface area contributed by atoms with Gasteiger partial charge < -0.3 is 15.0 Å². The van der Waals surface area contributed by atoms with Crippen molar-refractivity contribution >= 4 is 38.9 Å². The largest absolute Gasteiger partial charge is 0.378 e. The van der Waals surface area contributed by atoms with Crippen molar-refractivity contribution in [1.82, 2.24) is 10.2 Å². The maximum atomic E-state index is 5.85. The van der Waals surface area contributed by atoms with Gasteiger partial charge in [-0.25, -0.2) is 0 Å². The summed E-state index contributed by atoms with van der Waals surface area (Å²) in [4.78, 5) is 2.19. The van der Waals surface area contributed by atoms with Crippen molar-refractivity contribution < 1.29 is 4.74 Å². The zero-order chi connectivity index (χ0) is 13.1. The van der Waals surface area contributed by atoms with E-state index in [0.717, 1.165) is 47.3 Å². The lowest BCUT2D eigenvalue weighted by molar-refractivity contribution is 0.122. The van der Waals surface area contributed by atoms with Crippen LogP contribution >= 0.6 is 22.9 Å². The van der Waals surface area contributed by atoms with Gasteiger partial charge >= 0.3 is 0 Å². The van der Waals surface area contributed by atoms with Crippen LogP contribution in [0, 0.1) is 0 Å². The summed E-state index contributed by atoms with van der Waals surface area (Å²) in [6.45, 7) is 3.24. The summed E-state index contributed by atoms with van der Waals surface area (Å²) < 4.78 is 5.32. The van der Waals surface area contributed by atoms with E-state index in [0.29, 0.717) is 0 Å². The number of anilines is 3. The number of aromatic nitrogens is 2. The smallest absolute Gasteiger partial charge is 0.211 e. The summed E-state index contributed by atoms with van der Waals surface area (Å²) in [6.07, 6.45) is 0. The topological polar surface area (TPSA) is 50.3 Å². The van der Waals surface area contributed by atoms with Crippen LogP contribution in [-0.4, -0.2) is 36.5 Å². The molecule has 1 aliphatic rings. The summed E-state index contributed by atoms with van der Waals surface area (Å²) >= 11 is 7.39. The molecule has 1 aliphatic heterocycles. The molecule has 1 fully saturated rings. The van der Waals surface area contributed by atoms with Crippen molar-refractivity contribution in [3.8, 4) is 0 Å². The Hall–Kier alpha value is -1.37. The number of rotatable bonds is 3. The van der Waals surface area contributed by atoms with Crippen molar-refractivity contribution in [1.29, 1.82) is 0 Å². The number of nitrogens with one attached hydrogen (secondary N) is 1. The minimum atomic E-state index is 0.719. The van der Waals surface area contributed by atoms with Gasteiger partial charge in [-0.2, -0.15) is 0 Å². The SMILES string of the molecule is Clc1ccc(Nc2nnc(N3CCOCC3)s2)cc1. The molecule has 100 valence electrons. The van der Waals surface area contributed by atoms with E-state index in [-0.39, 0.29) is 0 Å². The predicted molar refractivity (Wildman–Crippen MR) is 77.7 cm³/mol. The third-order valence-electron chi connectivity index (χ3n) is 2.79. The summed E-state index contributed by atoms with van der Waals surface area (Å²) in [5, 5.41) is 14.0. The zero-order valence-corrected chi connectivity index (χ0v) is 11.7. The Labute approximate surface area is 120 Å². The maximum Gasteiger partial charge on any atom is 0.211 e. The quantitative estimate of drug-likeness (QED) is 0.944. The van der Waals surface area contributed by atoms with E-state index in [1.165, 1.54) is 0 Å². The van der Waals surface area contributed by atoms with Crippen LogP contribution in [0.2, 0.25) is 5.02 Å². The zero-order valence-electron chi connectivity index (χ0n) is 10.2. The molecule has 7 heteroatoms. The summed E-state index contributed by atoms with van der Waals surface area (Å²) in [5.41, 5.74) is 0.953. The Bertz CT molecular complexity index is 539. The van der Waals surface area contributed by atoms with Gasteiger partial charge in [-0.05, 0) is 24.3 Å². The second-order valence-corrected chi connectivity index (χ2v) is 5.51. The molecule has 0 bridgehead atoms. The molecule has 0 spiro atoms. The van der Waals surface area contributed by atoms with Crippen LogP contribution in [0.25, 0.3) is 0 Å². The molecule has 2 aromatic rings. The summed E-state index contributed by atoms with van der Waals surface area (Å²) in [7, 11) is 0. The Morgan fingerprint density at radius 3 is 2.63 bits per heavy atom. The molecule has 0 saturated carbocycles. The van der Waals surface area contributed by atoms with E-state index < -0.39 is 0 Å². The van der Waals surface area contributed by atoms with Crippen molar-refractivity contribution in [3.63, 3.8) is 0 Å². The minimum absolute atomic E-state index is 0.719. The van der Waals surface area contributed by atoms with Crippen molar-refractivity contribution in [2.75, 3.05) is 36.5 Å². The molecule has 2 heterocycles. The Balaban J connectivity index is 1.68. The predicted octanol–water partition coefficient (Wildman–Crippen LogP) is 2.77. The molecular weight excluding hydrogens is 284 g/mol. The average molecular weight is 297 g/mol. The van der Waals surface area contributed by atoms with E-state index in [4.69, 9.17) is 16.3 Å². The molecule has 0 atom stereocenters. The van der Waals surface area contributed by atoms with Gasteiger partial charge in [0.25, 0.3) is 0 Å². The molecule has 19 heavy (non-hydrogen) atoms. The highest BCUT2D eigenvalue weighted by Gasteiger charge is 2.15. The normalized spacial score (nSPS) is 15.5. The Kier molecular flexibility index (Phi) is 3.82. The number of morpholine rings is 1. The molecule has 0 unspecified atom stereocenters. The Morgan fingerprint density at radius 1 is 1.16 bits per heavy atom. The molecule has 3 rings (SSSR count). The number of nitrogens with zero attached hydrogens (tertiary/aromatic N) is 3. The molecule has 0 aliphatic carbocycles. The van der Waals surface area contributed by atoms with Crippen LogP contribution in [0.1, 0.15) is 0 Å². The summed E-state index contributed by atoms with van der Waals surface area (Å²) in [6, 6.07) is 7.51. The number of hydrogen-bond donors (Lipinski definition) is 1. The molecule has 1 aromatic heterocycles. The van der Waals surface area contributed by atoms with Crippen LogP contribution in [-0.2, 0) is 4.74 Å². The first-order valence-electron chi connectivity index (χ1n) is 6.00. The molecule has 5 nitrogen and oxygen atoms in total. The van der Waals surface area contributed by atoms with Gasteiger partial charge in [-0.15, -0.1) is 10.2 Å². The van der Waals surface area contributed by atoms with Crippen molar-refractivity contribution in [2.45, 2.75) is 0 Å². The fourth-order valence-electron chi connectivity index (χ4n) is 1.81. The van der Waals surface area contributed by atoms with Gasteiger partial charge in [0.05, 0.1) is 13.2 Å². The van der Waals surface area contributed by atoms with Crippen molar-refractivity contribution in [2.24, 2.45) is 0 Å². The minimum Gasteiger partial charge on any atom is -0.378 e. The highest BCUT2D eigenvalue weighted by Crippen LogP contribution is 2.27. The first-order chi connectivity index (χ1) is 9.31. The number of ether oxygens (including phenoxy) is 1. The number of benzene rings is 1. The van der Waals surface area contributed by atoms with Gasteiger partial charge in [0.2, 0.25) is 10.3 Å². The van der Waals surface area contributed by atoms with Crippen LogP contribution in [0.15, 0.2) is 24.3 Å². The molecule has 0 radical (unpaired) electrons. The Morgan fingerprint density at radius 2 is 1.89 bits per heavy atom. The first kappa shape index (κ1) is 12.7. The lowest BCUT2D eigenvalue weighted by Gasteiger charge is -2.25. The first-order valence-corrected chi connectivity index (χ1v) is 7.19. The molecule has 1 N–H and O–H groups in total. The van der Waals surface area contributed by atoms with Crippen LogP contribution < -0.4 is 10.2 Å². The van der Waals surface area contributed by atoms with Gasteiger partial charge in [-0.1, -0.05) is 22.9 Å². The molecular formula is C12H13ClN4OS. The fraction of sp³-hybridized carbons (Fsp3) is 0.333. The van der Waals surface area contributed by atoms with E-state index in [1.807, 2.05) is 24.3 Å². The number of hydrogen-bond acceptors (Lipinski definition) is 6. The maximum absolute atomic E-state index is 5.85. The van der Waals surface area contributed by atoms with E-state index in [2.05, 4.69) is 20.4 Å². The second kappa shape index (κ2) is 5.73. The van der Waals surface area contributed by atoms with Gasteiger partial charge in [0.1, 0.15) is 0 Å². The summed E-state index contributed by atoms with van der Waals surface area (Å²) in [5.74, 6) is 0. The highest BCUT2D eigenvalue weighted by atomic mass is 35.5. The highest BCUT2D eigenvalue weighted by molar-refractivity contribution is 7.19. The van der Waals surface area contributed by atoms with Crippen LogP contribution in [0.3, 0.4) is 0 Å². The molecule has 1 saturated heterocycles. The van der Waals surface area contributed by atoms with Gasteiger partial charge in [0, 0.05) is 23.8 Å². The average Bonchev–Trinajstić information content (AvgIpc) is 2.91. The lowest BCUT2D eigenvalue weighted by Crippen LogP contribution is -2.36. The van der Waals surface area contributed by atoms with E-state index >= 15 is 0 Å². The van der Waals surface area contributed by atoms with Crippen molar-refractivity contribution in [3.05, 3.63) is 29.3 Å². The van der Waals surface area contributed by atoms with Gasteiger partial charge in [0.15, 0.2) is 0 Å². The second-order valence-electron chi connectivity index (χ2n) is 4.12. The monoisotopic (exact) mass is 296 g/mol. The third kappa shape index (κ3) is 3.15. The van der Waals surface area contributed by atoms with E-state index in [9.17, 15) is 0 Å². The van der Waals surface area contributed by atoms with E-state index in [1.54, 1.807) is 11.3 Å². The van der Waals surface area contributed by atoms with Crippen LogP contribution in [0.5, 0.6) is 0 Å². The third-order valence-corrected chi connectivity index (χ3v) is 3.94.